The summed E-state index contributed by atoms with van der Waals surface area (Å²) in [6, 6.07) is 0.405. The predicted molar refractivity (Wildman–Crippen MR) is 71.8 cm³/mol. The summed E-state index contributed by atoms with van der Waals surface area (Å²) in [5, 5.41) is 12.2. The number of hydrogen-bond acceptors (Lipinski definition) is 3. The third-order valence-corrected chi connectivity index (χ3v) is 4.45. The Bertz CT molecular complexity index is 332. The molecule has 2 rings (SSSR count). The highest BCUT2D eigenvalue weighted by Crippen LogP contribution is 2.33. The van der Waals surface area contributed by atoms with Gasteiger partial charge in [-0.15, -0.1) is 0 Å². The first-order valence-corrected chi connectivity index (χ1v) is 7.38. The molecule has 2 aliphatic rings. The zero-order valence-electron chi connectivity index (χ0n) is 11.6. The first-order chi connectivity index (χ1) is 9.11. The normalized spacial score (nSPS) is 29.8. The van der Waals surface area contributed by atoms with Gasteiger partial charge in [-0.2, -0.15) is 0 Å². The monoisotopic (exact) mass is 268 g/mol. The summed E-state index contributed by atoms with van der Waals surface area (Å²) in [6.07, 6.45) is 5.89. The van der Waals surface area contributed by atoms with E-state index < -0.39 is 5.97 Å². The number of rotatable bonds is 5. The van der Waals surface area contributed by atoms with Crippen LogP contribution < -0.4 is 5.32 Å². The lowest BCUT2D eigenvalue weighted by molar-refractivity contribution is -0.139. The van der Waals surface area contributed by atoms with E-state index in [4.69, 9.17) is 5.11 Å². The SMILES string of the molecule is CCN(CCC(=O)O)C(=O)C1CC2CCCCC2N1. The number of likely N-dealkylation sites (N-methyl/N-ethyl adjacent to an activating group) is 1. The summed E-state index contributed by atoms with van der Waals surface area (Å²) in [4.78, 5) is 24.7. The van der Waals surface area contributed by atoms with Crippen molar-refractivity contribution in [2.24, 2.45) is 5.92 Å². The van der Waals surface area contributed by atoms with E-state index in [9.17, 15) is 9.59 Å². The number of aliphatic carboxylic acids is 1. The van der Waals surface area contributed by atoms with Gasteiger partial charge in [-0.25, -0.2) is 0 Å². The maximum atomic E-state index is 12.4. The number of carbonyl (C=O) groups is 2. The quantitative estimate of drug-likeness (QED) is 0.787. The minimum Gasteiger partial charge on any atom is -0.481 e. The van der Waals surface area contributed by atoms with Crippen molar-refractivity contribution in [3.8, 4) is 0 Å². The van der Waals surface area contributed by atoms with E-state index in [-0.39, 0.29) is 18.4 Å². The molecule has 1 amide bonds. The zero-order valence-corrected chi connectivity index (χ0v) is 11.6. The molecule has 1 aliphatic heterocycles. The Kier molecular flexibility index (Phi) is 4.80. The first kappa shape index (κ1) is 14.3. The number of amides is 1. The van der Waals surface area contributed by atoms with Gasteiger partial charge in [0.25, 0.3) is 0 Å². The summed E-state index contributed by atoms with van der Waals surface area (Å²) in [7, 11) is 0. The minimum absolute atomic E-state index is 0.0269. The topological polar surface area (TPSA) is 69.6 Å². The first-order valence-electron chi connectivity index (χ1n) is 7.38. The molecule has 0 bridgehead atoms. The molecular weight excluding hydrogens is 244 g/mol. The summed E-state index contributed by atoms with van der Waals surface area (Å²) < 4.78 is 0. The molecule has 0 radical (unpaired) electrons. The fourth-order valence-corrected chi connectivity index (χ4v) is 3.39. The highest BCUT2D eigenvalue weighted by atomic mass is 16.4. The van der Waals surface area contributed by atoms with Crippen LogP contribution in [0.5, 0.6) is 0 Å². The Morgan fingerprint density at radius 1 is 1.32 bits per heavy atom. The molecule has 1 aliphatic carbocycles. The highest BCUT2D eigenvalue weighted by molar-refractivity contribution is 5.82. The molecule has 1 saturated heterocycles. The van der Waals surface area contributed by atoms with Crippen molar-refractivity contribution in [2.75, 3.05) is 13.1 Å². The summed E-state index contributed by atoms with van der Waals surface area (Å²) in [6.45, 7) is 2.81. The Labute approximate surface area is 114 Å². The second kappa shape index (κ2) is 6.37. The highest BCUT2D eigenvalue weighted by Gasteiger charge is 2.39. The fraction of sp³-hybridized carbons (Fsp3) is 0.857. The lowest BCUT2D eigenvalue weighted by Crippen LogP contribution is -2.46. The van der Waals surface area contributed by atoms with Crippen molar-refractivity contribution < 1.29 is 14.7 Å². The number of carbonyl (C=O) groups excluding carboxylic acids is 1. The molecule has 5 heteroatoms. The maximum Gasteiger partial charge on any atom is 0.305 e. The lowest BCUT2D eigenvalue weighted by atomic mass is 9.85. The molecule has 0 spiro atoms. The van der Waals surface area contributed by atoms with Crippen LogP contribution in [-0.2, 0) is 9.59 Å². The molecule has 108 valence electrons. The van der Waals surface area contributed by atoms with Crippen molar-refractivity contribution >= 4 is 11.9 Å². The van der Waals surface area contributed by atoms with Crippen LogP contribution in [0.25, 0.3) is 0 Å². The molecule has 3 unspecified atom stereocenters. The fourth-order valence-electron chi connectivity index (χ4n) is 3.39. The third-order valence-electron chi connectivity index (χ3n) is 4.45. The standard InChI is InChI=1S/C14H24N2O3/c1-2-16(8-7-13(17)18)14(19)12-9-10-5-3-4-6-11(10)15-12/h10-12,15H,2-9H2,1H3,(H,17,18). The lowest BCUT2D eigenvalue weighted by Gasteiger charge is -2.25. The van der Waals surface area contributed by atoms with Gasteiger partial charge < -0.3 is 15.3 Å². The van der Waals surface area contributed by atoms with Crippen LogP contribution in [-0.4, -0.2) is 47.1 Å². The largest absolute Gasteiger partial charge is 0.481 e. The van der Waals surface area contributed by atoms with Gasteiger partial charge in [0.1, 0.15) is 0 Å². The molecule has 1 saturated carbocycles. The van der Waals surface area contributed by atoms with Crippen LogP contribution in [0.2, 0.25) is 0 Å². The average Bonchev–Trinajstić information content (AvgIpc) is 2.82. The second-order valence-corrected chi connectivity index (χ2v) is 5.67. The van der Waals surface area contributed by atoms with Gasteiger partial charge in [0.05, 0.1) is 12.5 Å². The summed E-state index contributed by atoms with van der Waals surface area (Å²) in [5.41, 5.74) is 0. The van der Waals surface area contributed by atoms with Gasteiger partial charge in [-0.1, -0.05) is 12.8 Å². The Balaban J connectivity index is 1.89. The van der Waals surface area contributed by atoms with E-state index in [2.05, 4.69) is 5.32 Å². The van der Waals surface area contributed by atoms with Crippen LogP contribution in [0.15, 0.2) is 0 Å². The van der Waals surface area contributed by atoms with Crippen LogP contribution in [0.3, 0.4) is 0 Å². The van der Waals surface area contributed by atoms with Crippen molar-refractivity contribution in [1.29, 1.82) is 0 Å². The van der Waals surface area contributed by atoms with Gasteiger partial charge in [0.15, 0.2) is 0 Å². The van der Waals surface area contributed by atoms with Crippen LogP contribution >= 0.6 is 0 Å². The van der Waals surface area contributed by atoms with E-state index in [0.29, 0.717) is 25.0 Å². The smallest absolute Gasteiger partial charge is 0.305 e. The van der Waals surface area contributed by atoms with Gasteiger partial charge in [-0.3, -0.25) is 9.59 Å². The number of carboxylic acid groups (broad SMARTS) is 1. The number of nitrogens with zero attached hydrogens (tertiary/aromatic N) is 1. The predicted octanol–water partition coefficient (Wildman–Crippen LogP) is 1.23. The summed E-state index contributed by atoms with van der Waals surface area (Å²) in [5.74, 6) is -0.127. The van der Waals surface area contributed by atoms with Crippen molar-refractivity contribution in [1.82, 2.24) is 10.2 Å². The minimum atomic E-state index is -0.848. The molecule has 5 nitrogen and oxygen atoms in total. The molecule has 2 fully saturated rings. The average molecular weight is 268 g/mol. The van der Waals surface area contributed by atoms with Crippen LogP contribution in [0.1, 0.15) is 45.4 Å². The van der Waals surface area contributed by atoms with E-state index >= 15 is 0 Å². The Morgan fingerprint density at radius 3 is 2.68 bits per heavy atom. The van der Waals surface area contributed by atoms with Crippen LogP contribution in [0.4, 0.5) is 0 Å². The molecule has 0 aromatic rings. The molecular formula is C14H24N2O3. The Morgan fingerprint density at radius 2 is 2.05 bits per heavy atom. The van der Waals surface area contributed by atoms with E-state index in [1.807, 2.05) is 6.92 Å². The Hall–Kier alpha value is -1.10. The molecule has 2 N–H and O–H groups in total. The molecule has 0 aromatic carbocycles. The number of carboxylic acids is 1. The molecule has 1 heterocycles. The maximum absolute atomic E-state index is 12.4. The van der Waals surface area contributed by atoms with E-state index in [1.165, 1.54) is 25.7 Å². The molecule has 0 aromatic heterocycles. The van der Waals surface area contributed by atoms with E-state index in [0.717, 1.165) is 6.42 Å². The van der Waals surface area contributed by atoms with Gasteiger partial charge >= 0.3 is 5.97 Å². The summed E-state index contributed by atoms with van der Waals surface area (Å²) >= 11 is 0. The molecule has 19 heavy (non-hydrogen) atoms. The van der Waals surface area contributed by atoms with Crippen molar-refractivity contribution in [3.63, 3.8) is 0 Å². The zero-order chi connectivity index (χ0) is 13.8. The number of hydrogen-bond donors (Lipinski definition) is 2. The van der Waals surface area contributed by atoms with Gasteiger partial charge in [0.2, 0.25) is 5.91 Å². The van der Waals surface area contributed by atoms with Crippen molar-refractivity contribution in [2.45, 2.75) is 57.5 Å². The third kappa shape index (κ3) is 3.47. The van der Waals surface area contributed by atoms with Crippen LogP contribution in [0, 0.1) is 5.92 Å². The van der Waals surface area contributed by atoms with Gasteiger partial charge in [-0.05, 0) is 32.1 Å². The number of nitrogens with one attached hydrogen (secondary N) is 1. The number of fused-ring (bicyclic) bond motifs is 1. The van der Waals surface area contributed by atoms with Crippen molar-refractivity contribution in [3.05, 3.63) is 0 Å². The molecule has 3 atom stereocenters. The second-order valence-electron chi connectivity index (χ2n) is 5.67. The van der Waals surface area contributed by atoms with Gasteiger partial charge in [0, 0.05) is 19.1 Å². The van der Waals surface area contributed by atoms with E-state index in [1.54, 1.807) is 4.90 Å².